The van der Waals surface area contributed by atoms with Crippen molar-refractivity contribution < 1.29 is 4.74 Å². The van der Waals surface area contributed by atoms with Crippen molar-refractivity contribution in [2.24, 2.45) is 16.6 Å². The van der Waals surface area contributed by atoms with Gasteiger partial charge < -0.3 is 20.7 Å². The van der Waals surface area contributed by atoms with E-state index in [4.69, 9.17) is 10.5 Å². The minimum absolute atomic E-state index is 0.472. The number of benzene rings is 1. The zero-order chi connectivity index (χ0) is 13.7. The molecule has 104 valence electrons. The highest BCUT2D eigenvalue weighted by atomic mass is 16.5. The van der Waals surface area contributed by atoms with E-state index in [0.717, 1.165) is 31.1 Å². The first-order valence-electron chi connectivity index (χ1n) is 6.57. The molecule has 1 unspecified atom stereocenters. The average Bonchev–Trinajstić information content (AvgIpc) is 2.83. The predicted molar refractivity (Wildman–Crippen MR) is 78.7 cm³/mol. The second kappa shape index (κ2) is 6.43. The Kier molecular flexibility index (Phi) is 4.63. The standard InChI is InChI=1S/C14H22N4O/c1-18-8-7-11(10-18)9-16-14(15)17-12-3-5-13(19-2)6-4-12/h3-6,11H,7-10H2,1-2H3,(H3,15,16,17). The average molecular weight is 262 g/mol. The van der Waals surface area contributed by atoms with Crippen LogP contribution >= 0.6 is 0 Å². The van der Waals surface area contributed by atoms with Crippen molar-refractivity contribution in [3.05, 3.63) is 24.3 Å². The molecule has 1 fully saturated rings. The zero-order valence-electron chi connectivity index (χ0n) is 11.6. The van der Waals surface area contributed by atoms with Gasteiger partial charge in [-0.3, -0.25) is 4.99 Å². The van der Waals surface area contributed by atoms with Gasteiger partial charge in [-0.15, -0.1) is 0 Å². The maximum atomic E-state index is 5.88. The second-order valence-corrected chi connectivity index (χ2v) is 5.00. The highest BCUT2D eigenvalue weighted by Crippen LogP contribution is 2.16. The van der Waals surface area contributed by atoms with E-state index in [-0.39, 0.29) is 0 Å². The summed E-state index contributed by atoms with van der Waals surface area (Å²) in [5.41, 5.74) is 6.80. The Balaban J connectivity index is 1.83. The molecule has 1 aromatic rings. The third-order valence-corrected chi connectivity index (χ3v) is 3.37. The molecule has 0 aromatic heterocycles. The molecule has 0 saturated carbocycles. The normalized spacial score (nSPS) is 20.5. The van der Waals surface area contributed by atoms with Crippen molar-refractivity contribution in [1.82, 2.24) is 4.90 Å². The summed E-state index contributed by atoms with van der Waals surface area (Å²) in [6.45, 7) is 3.06. The molecule has 1 atom stereocenters. The van der Waals surface area contributed by atoms with Crippen LogP contribution in [-0.4, -0.2) is 44.7 Å². The van der Waals surface area contributed by atoms with Crippen LogP contribution in [-0.2, 0) is 0 Å². The fourth-order valence-electron chi connectivity index (χ4n) is 2.26. The van der Waals surface area contributed by atoms with Crippen molar-refractivity contribution >= 4 is 11.6 Å². The van der Waals surface area contributed by atoms with Gasteiger partial charge in [0.15, 0.2) is 5.96 Å². The molecule has 0 bridgehead atoms. The molecule has 1 saturated heterocycles. The van der Waals surface area contributed by atoms with Crippen LogP contribution in [0, 0.1) is 5.92 Å². The second-order valence-electron chi connectivity index (χ2n) is 5.00. The molecule has 3 N–H and O–H groups in total. The molecule has 0 spiro atoms. The van der Waals surface area contributed by atoms with E-state index in [1.165, 1.54) is 6.42 Å². The molecule has 5 heteroatoms. The maximum Gasteiger partial charge on any atom is 0.193 e. The first-order chi connectivity index (χ1) is 9.17. The minimum Gasteiger partial charge on any atom is -0.497 e. The number of nitrogens with two attached hydrogens (primary N) is 1. The number of likely N-dealkylation sites (tertiary alicyclic amines) is 1. The van der Waals surface area contributed by atoms with Crippen molar-refractivity contribution in [3.8, 4) is 5.75 Å². The Morgan fingerprint density at radius 2 is 2.21 bits per heavy atom. The third kappa shape index (κ3) is 4.13. The molecule has 1 aromatic carbocycles. The van der Waals surface area contributed by atoms with Gasteiger partial charge in [0.25, 0.3) is 0 Å². The van der Waals surface area contributed by atoms with E-state index in [1.54, 1.807) is 7.11 Å². The number of hydrogen-bond acceptors (Lipinski definition) is 3. The summed E-state index contributed by atoms with van der Waals surface area (Å²) in [7, 11) is 3.79. The molecule has 5 nitrogen and oxygen atoms in total. The van der Waals surface area contributed by atoms with Crippen LogP contribution in [0.2, 0.25) is 0 Å². The van der Waals surface area contributed by atoms with Gasteiger partial charge in [0.05, 0.1) is 7.11 Å². The molecule has 1 aliphatic rings. The summed E-state index contributed by atoms with van der Waals surface area (Å²) in [4.78, 5) is 6.73. The first-order valence-corrected chi connectivity index (χ1v) is 6.57. The predicted octanol–water partition coefficient (Wildman–Crippen LogP) is 1.37. The zero-order valence-corrected chi connectivity index (χ0v) is 11.6. The fourth-order valence-corrected chi connectivity index (χ4v) is 2.26. The molecule has 1 heterocycles. The fraction of sp³-hybridized carbons (Fsp3) is 0.500. The molecule has 0 radical (unpaired) electrons. The Labute approximate surface area is 114 Å². The van der Waals surface area contributed by atoms with E-state index in [9.17, 15) is 0 Å². The van der Waals surface area contributed by atoms with Crippen LogP contribution in [0.25, 0.3) is 0 Å². The van der Waals surface area contributed by atoms with Gasteiger partial charge in [0.1, 0.15) is 5.75 Å². The van der Waals surface area contributed by atoms with E-state index < -0.39 is 0 Å². The van der Waals surface area contributed by atoms with Gasteiger partial charge in [0, 0.05) is 18.8 Å². The van der Waals surface area contributed by atoms with Crippen LogP contribution < -0.4 is 15.8 Å². The van der Waals surface area contributed by atoms with Crippen LogP contribution in [0.4, 0.5) is 5.69 Å². The largest absolute Gasteiger partial charge is 0.497 e. The highest BCUT2D eigenvalue weighted by Gasteiger charge is 2.18. The van der Waals surface area contributed by atoms with Crippen LogP contribution in [0.5, 0.6) is 5.75 Å². The first kappa shape index (κ1) is 13.7. The van der Waals surface area contributed by atoms with Gasteiger partial charge in [-0.05, 0) is 50.2 Å². The smallest absolute Gasteiger partial charge is 0.193 e. The Morgan fingerprint density at radius 3 is 2.79 bits per heavy atom. The van der Waals surface area contributed by atoms with Crippen molar-refractivity contribution in [3.63, 3.8) is 0 Å². The van der Waals surface area contributed by atoms with Crippen LogP contribution in [0.3, 0.4) is 0 Å². The topological polar surface area (TPSA) is 62.9 Å². The molecular formula is C14H22N4O. The monoisotopic (exact) mass is 262 g/mol. The van der Waals surface area contributed by atoms with Crippen molar-refractivity contribution in [2.45, 2.75) is 6.42 Å². The highest BCUT2D eigenvalue weighted by molar-refractivity contribution is 5.92. The number of nitrogens with zero attached hydrogens (tertiary/aromatic N) is 2. The summed E-state index contributed by atoms with van der Waals surface area (Å²) in [6.07, 6.45) is 1.20. The van der Waals surface area contributed by atoms with Gasteiger partial charge in [-0.2, -0.15) is 0 Å². The lowest BCUT2D eigenvalue weighted by Crippen LogP contribution is -2.24. The number of rotatable bonds is 4. The number of methoxy groups -OCH3 is 1. The molecule has 1 aliphatic heterocycles. The van der Waals surface area contributed by atoms with Crippen LogP contribution in [0.15, 0.2) is 29.3 Å². The lowest BCUT2D eigenvalue weighted by Gasteiger charge is -2.09. The van der Waals surface area contributed by atoms with E-state index in [0.29, 0.717) is 11.9 Å². The minimum atomic E-state index is 0.472. The lowest BCUT2D eigenvalue weighted by molar-refractivity contribution is 0.397. The third-order valence-electron chi connectivity index (χ3n) is 3.37. The summed E-state index contributed by atoms with van der Waals surface area (Å²) in [5.74, 6) is 1.93. The molecule has 0 amide bonds. The van der Waals surface area contributed by atoms with Crippen molar-refractivity contribution in [1.29, 1.82) is 0 Å². The molecule has 0 aliphatic carbocycles. The van der Waals surface area contributed by atoms with Gasteiger partial charge >= 0.3 is 0 Å². The van der Waals surface area contributed by atoms with E-state index >= 15 is 0 Å². The quantitative estimate of drug-likeness (QED) is 0.635. The van der Waals surface area contributed by atoms with Gasteiger partial charge in [0.2, 0.25) is 0 Å². The SMILES string of the molecule is COc1ccc(NC(N)=NCC2CCN(C)C2)cc1. The van der Waals surface area contributed by atoms with Gasteiger partial charge in [-0.25, -0.2) is 0 Å². The number of guanidine groups is 1. The number of hydrogen-bond donors (Lipinski definition) is 2. The molecule has 2 rings (SSSR count). The summed E-state index contributed by atoms with van der Waals surface area (Å²) in [6, 6.07) is 7.62. The van der Waals surface area contributed by atoms with E-state index in [1.807, 2.05) is 24.3 Å². The number of anilines is 1. The number of nitrogens with one attached hydrogen (secondary N) is 1. The lowest BCUT2D eigenvalue weighted by atomic mass is 10.1. The van der Waals surface area contributed by atoms with Crippen molar-refractivity contribution in [2.75, 3.05) is 39.1 Å². The molecule has 19 heavy (non-hydrogen) atoms. The Hall–Kier alpha value is -1.75. The summed E-state index contributed by atoms with van der Waals surface area (Å²) < 4.78 is 5.11. The molecular weight excluding hydrogens is 240 g/mol. The van der Waals surface area contributed by atoms with E-state index in [2.05, 4.69) is 22.3 Å². The number of aliphatic imine (C=N–C) groups is 1. The summed E-state index contributed by atoms with van der Waals surface area (Å²) >= 11 is 0. The number of ether oxygens (including phenoxy) is 1. The van der Waals surface area contributed by atoms with Crippen LogP contribution in [0.1, 0.15) is 6.42 Å². The van der Waals surface area contributed by atoms with Gasteiger partial charge in [-0.1, -0.05) is 0 Å². The maximum absolute atomic E-state index is 5.88. The summed E-state index contributed by atoms with van der Waals surface area (Å²) in [5, 5.41) is 3.09. The Morgan fingerprint density at radius 1 is 1.47 bits per heavy atom. The Bertz CT molecular complexity index is 430.